The Hall–Kier alpha value is -5.06. The summed E-state index contributed by atoms with van der Waals surface area (Å²) in [5.74, 6) is 0. The highest BCUT2D eigenvalue weighted by Crippen LogP contribution is 2.59. The molecule has 4 heteroatoms. The number of nitrogens with zero attached hydrogens (tertiary/aromatic N) is 2. The maximum atomic E-state index is 2.78. The molecule has 12 rings (SSSR count). The van der Waals surface area contributed by atoms with Crippen LogP contribution in [0.15, 0.2) is 97.1 Å². The van der Waals surface area contributed by atoms with Gasteiger partial charge in [-0.25, -0.2) is 0 Å². The van der Waals surface area contributed by atoms with Gasteiger partial charge in [-0.2, -0.15) is 0 Å². The molecule has 358 valence electrons. The van der Waals surface area contributed by atoms with Gasteiger partial charge >= 0.3 is 0 Å². The lowest BCUT2D eigenvalue weighted by atomic mass is 9.35. The molecule has 3 aliphatic carbocycles. The standard InChI is InChI=1S/C66H75BN2S/c1-38-32-52-57-53(33-38)69(50-26-25-45(61(5,6)7)56-55(50)41-20-18-19-21-43(41)66(56,16)17)58-42-34-39(60(2,3)4)22-27-54(42)70-59(58)67(57)49-36-47-48(65(14,15)31-30-64(47,12)13)37-51(49)68(52)40-23-24-44-46(35-40)63(10,11)29-28-62(44,8)9/h18-27,32-37H,28-31H2,1-17H3. The summed E-state index contributed by atoms with van der Waals surface area (Å²) in [6, 6.07) is 39.8. The zero-order chi connectivity index (χ0) is 49.8. The van der Waals surface area contributed by atoms with Crippen LogP contribution in [0, 0.1) is 6.92 Å². The third kappa shape index (κ3) is 6.36. The first-order valence-corrected chi connectivity index (χ1v) is 27.4. The van der Waals surface area contributed by atoms with Gasteiger partial charge in [0.05, 0.1) is 11.4 Å². The van der Waals surface area contributed by atoms with Gasteiger partial charge < -0.3 is 9.80 Å². The van der Waals surface area contributed by atoms with Gasteiger partial charge in [-0.15, -0.1) is 11.3 Å². The van der Waals surface area contributed by atoms with Crippen LogP contribution in [0.3, 0.4) is 0 Å². The average Bonchev–Trinajstić information content (AvgIpc) is 3.77. The minimum absolute atomic E-state index is 0.00319. The predicted molar refractivity (Wildman–Crippen MR) is 306 cm³/mol. The largest absolute Gasteiger partial charge is 0.311 e. The van der Waals surface area contributed by atoms with E-state index in [1.54, 1.807) is 0 Å². The van der Waals surface area contributed by atoms with Crippen molar-refractivity contribution in [2.75, 3.05) is 9.80 Å². The molecule has 1 aromatic heterocycles. The van der Waals surface area contributed by atoms with Crippen molar-refractivity contribution in [2.24, 2.45) is 0 Å². The number of rotatable bonds is 2. The maximum absolute atomic E-state index is 2.78. The van der Waals surface area contributed by atoms with Crippen LogP contribution in [0.1, 0.15) is 187 Å². The Morgan fingerprint density at radius 3 is 1.77 bits per heavy atom. The number of thiophene rings is 1. The lowest BCUT2D eigenvalue weighted by Gasteiger charge is -2.47. The summed E-state index contributed by atoms with van der Waals surface area (Å²) in [6.07, 6.45) is 4.75. The van der Waals surface area contributed by atoms with E-state index < -0.39 is 0 Å². The van der Waals surface area contributed by atoms with Crippen molar-refractivity contribution in [2.45, 2.75) is 181 Å². The lowest BCUT2D eigenvalue weighted by Crippen LogP contribution is -2.61. The number of hydrogen-bond donors (Lipinski definition) is 0. The molecule has 0 spiro atoms. The summed E-state index contributed by atoms with van der Waals surface area (Å²) in [7, 11) is 0. The number of hydrogen-bond acceptors (Lipinski definition) is 3. The van der Waals surface area contributed by atoms with Crippen molar-refractivity contribution < 1.29 is 0 Å². The quantitative estimate of drug-likeness (QED) is 0.159. The molecule has 0 bridgehead atoms. The molecule has 2 nitrogen and oxygen atoms in total. The second kappa shape index (κ2) is 14.3. The minimum atomic E-state index is -0.169. The molecule has 0 radical (unpaired) electrons. The molecule has 5 aliphatic rings. The van der Waals surface area contributed by atoms with E-state index in [9.17, 15) is 0 Å². The Bertz CT molecular complexity index is 3410. The Kier molecular flexibility index (Phi) is 9.43. The number of anilines is 6. The minimum Gasteiger partial charge on any atom is -0.311 e. The molecule has 3 heterocycles. The molecular weight excluding hydrogens is 864 g/mol. The topological polar surface area (TPSA) is 6.48 Å². The molecular formula is C66H75BN2S. The first kappa shape index (κ1) is 46.0. The fourth-order valence-corrected chi connectivity index (χ4v) is 15.4. The molecule has 7 aromatic rings. The van der Waals surface area contributed by atoms with Crippen LogP contribution in [0.4, 0.5) is 34.1 Å². The highest BCUT2D eigenvalue weighted by molar-refractivity contribution is 7.33. The second-order valence-electron chi connectivity index (χ2n) is 27.6. The highest BCUT2D eigenvalue weighted by atomic mass is 32.1. The Labute approximate surface area is 425 Å². The van der Waals surface area contributed by atoms with Crippen molar-refractivity contribution in [3.8, 4) is 11.1 Å². The smallest absolute Gasteiger partial charge is 0.264 e. The van der Waals surface area contributed by atoms with E-state index in [1.807, 2.05) is 11.3 Å². The second-order valence-corrected chi connectivity index (χ2v) is 28.7. The van der Waals surface area contributed by atoms with E-state index in [4.69, 9.17) is 0 Å². The van der Waals surface area contributed by atoms with Crippen LogP contribution in [-0.2, 0) is 37.9 Å². The fraction of sp³-hybridized carbons (Fsp3) is 0.424. The van der Waals surface area contributed by atoms with Crippen molar-refractivity contribution in [3.63, 3.8) is 0 Å². The number of fused-ring (bicyclic) bond motifs is 11. The van der Waals surface area contributed by atoms with Gasteiger partial charge in [0.15, 0.2) is 0 Å². The molecule has 0 saturated carbocycles. The molecule has 0 saturated heterocycles. The third-order valence-corrected chi connectivity index (χ3v) is 19.7. The molecule has 0 unspecified atom stereocenters. The Balaban J connectivity index is 1.24. The van der Waals surface area contributed by atoms with Gasteiger partial charge in [-0.05, 0) is 180 Å². The van der Waals surface area contributed by atoms with Crippen LogP contribution in [0.25, 0.3) is 21.2 Å². The van der Waals surface area contributed by atoms with Gasteiger partial charge in [0, 0.05) is 48.6 Å². The molecule has 70 heavy (non-hydrogen) atoms. The first-order valence-electron chi connectivity index (χ1n) is 26.6. The summed E-state index contributed by atoms with van der Waals surface area (Å²) >= 11 is 2.04. The van der Waals surface area contributed by atoms with Crippen LogP contribution >= 0.6 is 11.3 Å². The summed E-state index contributed by atoms with van der Waals surface area (Å²) in [5, 5.41) is 1.36. The Morgan fingerprint density at radius 1 is 0.529 bits per heavy atom. The zero-order valence-electron chi connectivity index (χ0n) is 45.4. The van der Waals surface area contributed by atoms with Crippen LogP contribution in [0.2, 0.25) is 0 Å². The van der Waals surface area contributed by atoms with Gasteiger partial charge in [0.2, 0.25) is 0 Å². The van der Waals surface area contributed by atoms with E-state index in [0.29, 0.717) is 0 Å². The van der Waals surface area contributed by atoms with Gasteiger partial charge in [0.1, 0.15) is 0 Å². The lowest BCUT2D eigenvalue weighted by molar-refractivity contribution is 0.332. The molecule has 0 amide bonds. The zero-order valence-corrected chi connectivity index (χ0v) is 46.3. The predicted octanol–water partition coefficient (Wildman–Crippen LogP) is 16.9. The number of benzene rings is 6. The SMILES string of the molecule is Cc1cc2c3c(c1)N(c1ccc(C(C)(C)C)c4c1-c1ccccc1C4(C)C)c1c(sc4ccc(C(C)(C)C)cc14)B3c1cc3c(cc1N2c1ccc2c(c1)C(C)(C)CCC2(C)C)C(C)(C)CCC3(C)C. The monoisotopic (exact) mass is 939 g/mol. The highest BCUT2D eigenvalue weighted by Gasteiger charge is 2.50. The summed E-state index contributed by atoms with van der Waals surface area (Å²) < 4.78 is 2.82. The molecule has 6 aromatic carbocycles. The summed E-state index contributed by atoms with van der Waals surface area (Å²) in [5.41, 5.74) is 26.7. The van der Waals surface area contributed by atoms with Crippen LogP contribution in [-0.4, -0.2) is 6.71 Å². The van der Waals surface area contributed by atoms with Crippen LogP contribution < -0.4 is 25.5 Å². The van der Waals surface area contributed by atoms with Gasteiger partial charge in [-0.3, -0.25) is 0 Å². The van der Waals surface area contributed by atoms with Crippen LogP contribution in [0.5, 0.6) is 0 Å². The van der Waals surface area contributed by atoms with Crippen molar-refractivity contribution in [1.29, 1.82) is 0 Å². The molecule has 0 N–H and O–H groups in total. The fourth-order valence-electron chi connectivity index (χ4n) is 14.1. The maximum Gasteiger partial charge on any atom is 0.264 e. The van der Waals surface area contributed by atoms with Crippen molar-refractivity contribution >= 4 is 78.0 Å². The van der Waals surface area contributed by atoms with E-state index >= 15 is 0 Å². The van der Waals surface area contributed by atoms with E-state index in [0.717, 1.165) is 0 Å². The first-order chi connectivity index (χ1) is 32.6. The average molecular weight is 939 g/mol. The van der Waals surface area contributed by atoms with Crippen molar-refractivity contribution in [1.82, 2.24) is 0 Å². The normalized spacial score (nSPS) is 19.5. The van der Waals surface area contributed by atoms with E-state index in [1.165, 1.54) is 147 Å². The van der Waals surface area contributed by atoms with Crippen molar-refractivity contribution in [3.05, 3.63) is 147 Å². The third-order valence-electron chi connectivity index (χ3n) is 18.5. The van der Waals surface area contributed by atoms with Gasteiger partial charge in [-0.1, -0.05) is 159 Å². The molecule has 0 fully saturated rings. The molecule has 2 aliphatic heterocycles. The summed E-state index contributed by atoms with van der Waals surface area (Å²) in [6.45, 7) is 41.5. The van der Waals surface area contributed by atoms with Gasteiger partial charge in [0.25, 0.3) is 6.71 Å². The van der Waals surface area contributed by atoms with E-state index in [2.05, 4.69) is 225 Å². The number of aryl methyl sites for hydroxylation is 1. The molecule has 0 atom stereocenters. The summed E-state index contributed by atoms with van der Waals surface area (Å²) in [4.78, 5) is 5.51. The van der Waals surface area contributed by atoms with E-state index in [-0.39, 0.29) is 44.6 Å². The Morgan fingerprint density at radius 2 is 1.13 bits per heavy atom.